The van der Waals surface area contributed by atoms with Gasteiger partial charge in [-0.05, 0) is 37.5 Å². The van der Waals surface area contributed by atoms with Crippen molar-refractivity contribution in [2.45, 2.75) is 19.3 Å². The molecule has 0 unspecified atom stereocenters. The molecule has 2 fully saturated rings. The molecule has 2 saturated heterocycles. The van der Waals surface area contributed by atoms with Crippen LogP contribution in [0.3, 0.4) is 0 Å². The highest BCUT2D eigenvalue weighted by Gasteiger charge is 2.38. The molecule has 0 atom stereocenters. The van der Waals surface area contributed by atoms with Gasteiger partial charge in [0, 0.05) is 31.7 Å². The van der Waals surface area contributed by atoms with E-state index in [1.165, 1.54) is 6.42 Å². The normalized spacial score (nSPS) is 19.0. The maximum absolute atomic E-state index is 12.5. The fraction of sp³-hybridized carbons (Fsp3) is 0.500. The molecule has 0 bridgehead atoms. The second kappa shape index (κ2) is 5.88. The van der Waals surface area contributed by atoms with Crippen LogP contribution in [0, 0.1) is 5.92 Å². The smallest absolute Gasteiger partial charge is 0.253 e. The molecule has 23 heavy (non-hydrogen) atoms. The Kier molecular flexibility index (Phi) is 3.72. The van der Waals surface area contributed by atoms with E-state index in [9.17, 15) is 9.59 Å². The maximum atomic E-state index is 12.5. The van der Waals surface area contributed by atoms with Gasteiger partial charge in [0.25, 0.3) is 5.91 Å². The Morgan fingerprint density at radius 2 is 1.74 bits per heavy atom. The van der Waals surface area contributed by atoms with Crippen LogP contribution in [0.25, 0.3) is 11.0 Å². The lowest BCUT2D eigenvalue weighted by atomic mass is 9.96. The average Bonchev–Trinajstić information content (AvgIpc) is 3.01. The van der Waals surface area contributed by atoms with Gasteiger partial charge in [0.05, 0.1) is 17.6 Å². The van der Waals surface area contributed by atoms with Crippen LogP contribution in [-0.2, 0) is 4.79 Å². The molecule has 0 radical (unpaired) electrons. The number of hydrogen-bond donors (Lipinski definition) is 0. The summed E-state index contributed by atoms with van der Waals surface area (Å²) in [5.74, 6) is 0.164. The number of hydrogen-bond acceptors (Lipinski definition) is 5. The highest BCUT2D eigenvalue weighted by molar-refractivity contribution is 7.00. The standard InChI is InChI=1S/C16H18N4O2S/c21-15(11-4-5-13-14(8-11)18-23-17-13)20-9-12(10-20)16(22)19-6-2-1-3-7-19/h4-5,8,12H,1-3,6-7,9-10H2. The van der Waals surface area contributed by atoms with Crippen LogP contribution < -0.4 is 0 Å². The summed E-state index contributed by atoms with van der Waals surface area (Å²) in [6.45, 7) is 2.80. The van der Waals surface area contributed by atoms with Gasteiger partial charge in [-0.2, -0.15) is 8.75 Å². The lowest BCUT2D eigenvalue weighted by molar-refractivity contribution is -0.140. The third-order valence-electron chi connectivity index (χ3n) is 4.69. The number of nitrogens with zero attached hydrogens (tertiary/aromatic N) is 4. The minimum absolute atomic E-state index is 0.0254. The molecule has 0 spiro atoms. The monoisotopic (exact) mass is 330 g/mol. The summed E-state index contributed by atoms with van der Waals surface area (Å²) >= 11 is 1.15. The van der Waals surface area contributed by atoms with Crippen LogP contribution in [0.4, 0.5) is 0 Å². The van der Waals surface area contributed by atoms with Gasteiger partial charge in [0.15, 0.2) is 0 Å². The highest BCUT2D eigenvalue weighted by Crippen LogP contribution is 2.23. The van der Waals surface area contributed by atoms with E-state index in [0.717, 1.165) is 48.7 Å². The molecule has 1 aromatic heterocycles. The maximum Gasteiger partial charge on any atom is 0.253 e. The van der Waals surface area contributed by atoms with E-state index in [-0.39, 0.29) is 17.7 Å². The summed E-state index contributed by atoms with van der Waals surface area (Å²) < 4.78 is 8.31. The predicted molar refractivity (Wildman–Crippen MR) is 87.2 cm³/mol. The Morgan fingerprint density at radius 3 is 2.52 bits per heavy atom. The van der Waals surface area contributed by atoms with E-state index in [1.54, 1.807) is 17.0 Å². The number of aromatic nitrogens is 2. The molecule has 0 saturated carbocycles. The largest absolute Gasteiger partial charge is 0.342 e. The van der Waals surface area contributed by atoms with E-state index in [2.05, 4.69) is 8.75 Å². The van der Waals surface area contributed by atoms with Crippen molar-refractivity contribution in [2.75, 3.05) is 26.2 Å². The number of benzene rings is 1. The lowest BCUT2D eigenvalue weighted by Crippen LogP contribution is -2.57. The second-order valence-electron chi connectivity index (χ2n) is 6.26. The number of likely N-dealkylation sites (tertiary alicyclic amines) is 2. The lowest BCUT2D eigenvalue weighted by Gasteiger charge is -2.41. The van der Waals surface area contributed by atoms with Crippen molar-refractivity contribution in [2.24, 2.45) is 5.92 Å². The third kappa shape index (κ3) is 2.69. The number of amides is 2. The van der Waals surface area contributed by atoms with Crippen LogP contribution in [0.2, 0.25) is 0 Å². The Balaban J connectivity index is 1.38. The number of carbonyl (C=O) groups is 2. The quantitative estimate of drug-likeness (QED) is 0.842. The van der Waals surface area contributed by atoms with Crippen molar-refractivity contribution in [3.05, 3.63) is 23.8 Å². The molecule has 2 aliphatic heterocycles. The summed E-state index contributed by atoms with van der Waals surface area (Å²) in [4.78, 5) is 28.6. The number of piperidine rings is 1. The SMILES string of the molecule is O=C(c1ccc2nsnc2c1)N1CC(C(=O)N2CCCCC2)C1. The van der Waals surface area contributed by atoms with Crippen molar-refractivity contribution in [1.82, 2.24) is 18.5 Å². The van der Waals surface area contributed by atoms with Crippen LogP contribution in [0.1, 0.15) is 29.6 Å². The van der Waals surface area contributed by atoms with E-state index in [0.29, 0.717) is 18.7 Å². The summed E-state index contributed by atoms with van der Waals surface area (Å²) in [5.41, 5.74) is 2.18. The fourth-order valence-electron chi connectivity index (χ4n) is 3.27. The number of rotatable bonds is 2. The summed E-state index contributed by atoms with van der Waals surface area (Å²) in [6, 6.07) is 5.38. The van der Waals surface area contributed by atoms with Crippen molar-refractivity contribution >= 4 is 34.6 Å². The molecule has 1 aromatic carbocycles. The Hall–Kier alpha value is -2.02. The van der Waals surface area contributed by atoms with E-state index in [4.69, 9.17) is 0 Å². The van der Waals surface area contributed by atoms with Gasteiger partial charge in [-0.15, -0.1) is 0 Å². The van der Waals surface area contributed by atoms with Crippen molar-refractivity contribution < 1.29 is 9.59 Å². The first-order valence-corrected chi connectivity index (χ1v) is 8.76. The van der Waals surface area contributed by atoms with Crippen LogP contribution in [-0.4, -0.2) is 56.5 Å². The predicted octanol–water partition coefficient (Wildman–Crippen LogP) is 1.78. The van der Waals surface area contributed by atoms with E-state index >= 15 is 0 Å². The minimum atomic E-state index is -0.0262. The Labute approximate surface area is 138 Å². The summed E-state index contributed by atoms with van der Waals surface area (Å²) in [5, 5.41) is 0. The summed E-state index contributed by atoms with van der Waals surface area (Å²) in [7, 11) is 0. The zero-order valence-corrected chi connectivity index (χ0v) is 13.6. The van der Waals surface area contributed by atoms with Gasteiger partial charge < -0.3 is 9.80 Å². The second-order valence-corrected chi connectivity index (χ2v) is 6.79. The molecule has 120 valence electrons. The number of fused-ring (bicyclic) bond motifs is 1. The van der Waals surface area contributed by atoms with Crippen molar-refractivity contribution in [1.29, 1.82) is 0 Å². The van der Waals surface area contributed by atoms with Gasteiger partial charge in [0.1, 0.15) is 11.0 Å². The zero-order valence-electron chi connectivity index (χ0n) is 12.8. The Bertz CT molecular complexity index is 747. The first-order valence-electron chi connectivity index (χ1n) is 8.03. The van der Waals surface area contributed by atoms with Gasteiger partial charge >= 0.3 is 0 Å². The van der Waals surface area contributed by atoms with Crippen LogP contribution in [0.15, 0.2) is 18.2 Å². The molecule has 0 aliphatic carbocycles. The molecular weight excluding hydrogens is 312 g/mol. The first kappa shape index (κ1) is 14.6. The molecular formula is C16H18N4O2S. The molecule has 2 aromatic rings. The van der Waals surface area contributed by atoms with Gasteiger partial charge in [-0.1, -0.05) is 0 Å². The first-order chi connectivity index (χ1) is 11.2. The van der Waals surface area contributed by atoms with Gasteiger partial charge in [0.2, 0.25) is 5.91 Å². The molecule has 7 heteroatoms. The van der Waals surface area contributed by atoms with Crippen molar-refractivity contribution in [3.8, 4) is 0 Å². The third-order valence-corrected chi connectivity index (χ3v) is 5.24. The summed E-state index contributed by atoms with van der Waals surface area (Å²) in [6.07, 6.45) is 3.42. The van der Waals surface area contributed by atoms with Crippen LogP contribution in [0.5, 0.6) is 0 Å². The highest BCUT2D eigenvalue weighted by atomic mass is 32.1. The minimum Gasteiger partial charge on any atom is -0.342 e. The molecule has 3 heterocycles. The fourth-order valence-corrected chi connectivity index (χ4v) is 3.79. The molecule has 2 aliphatic rings. The topological polar surface area (TPSA) is 66.4 Å². The van der Waals surface area contributed by atoms with E-state index in [1.807, 2.05) is 11.0 Å². The molecule has 6 nitrogen and oxygen atoms in total. The molecule has 4 rings (SSSR count). The Morgan fingerprint density at radius 1 is 1.00 bits per heavy atom. The van der Waals surface area contributed by atoms with Gasteiger partial charge in [-0.25, -0.2) is 0 Å². The molecule has 0 N–H and O–H groups in total. The number of carbonyl (C=O) groups excluding carboxylic acids is 2. The average molecular weight is 330 g/mol. The van der Waals surface area contributed by atoms with Gasteiger partial charge in [-0.3, -0.25) is 9.59 Å². The van der Waals surface area contributed by atoms with E-state index < -0.39 is 0 Å². The molecule has 2 amide bonds. The van der Waals surface area contributed by atoms with Crippen molar-refractivity contribution in [3.63, 3.8) is 0 Å². The zero-order chi connectivity index (χ0) is 15.8. The van der Waals surface area contributed by atoms with Crippen LogP contribution >= 0.6 is 11.7 Å².